The summed E-state index contributed by atoms with van der Waals surface area (Å²) in [5, 5.41) is 0. The number of amides is 1. The third kappa shape index (κ3) is 1.90. The Balaban J connectivity index is 2.45. The number of ether oxygens (including phenoxy) is 1. The van der Waals surface area contributed by atoms with Crippen molar-refractivity contribution < 1.29 is 9.53 Å². The molecule has 1 amide bonds. The number of methoxy groups -OCH3 is 1. The predicted molar refractivity (Wildman–Crippen MR) is 63.9 cm³/mol. The van der Waals surface area contributed by atoms with E-state index >= 15 is 0 Å². The normalized spacial score (nSPS) is 19.2. The zero-order valence-electron chi connectivity index (χ0n) is 9.99. The third-order valence-electron chi connectivity index (χ3n) is 3.03. The lowest BCUT2D eigenvalue weighted by Gasteiger charge is -2.32. The summed E-state index contributed by atoms with van der Waals surface area (Å²) in [6, 6.07) is 5.96. The number of fused-ring (bicyclic) bond motifs is 1. The second-order valence-electron chi connectivity index (χ2n) is 4.43. The summed E-state index contributed by atoms with van der Waals surface area (Å²) < 4.78 is 5.20. The molecule has 1 aliphatic heterocycles. The highest BCUT2D eigenvalue weighted by molar-refractivity contribution is 5.93. The van der Waals surface area contributed by atoms with Crippen LogP contribution in [0.1, 0.15) is 19.4 Å². The zero-order valence-corrected chi connectivity index (χ0v) is 9.99. The minimum absolute atomic E-state index is 0.0982. The first-order valence-electron chi connectivity index (χ1n) is 5.57. The molecule has 3 heteroatoms. The fourth-order valence-electron chi connectivity index (χ4n) is 2.24. The van der Waals surface area contributed by atoms with E-state index < -0.39 is 0 Å². The molecule has 2 rings (SSSR count). The molecule has 0 saturated carbocycles. The topological polar surface area (TPSA) is 29.5 Å². The molecule has 1 atom stereocenters. The molecule has 0 unspecified atom stereocenters. The number of hydrogen-bond acceptors (Lipinski definition) is 2. The smallest absolute Gasteiger partial charge is 0.223 e. The molecule has 0 aromatic heterocycles. The molecule has 1 aliphatic rings. The quantitative estimate of drug-likeness (QED) is 0.725. The van der Waals surface area contributed by atoms with Gasteiger partial charge < -0.3 is 9.64 Å². The van der Waals surface area contributed by atoms with Crippen LogP contribution in [0.4, 0.5) is 5.69 Å². The SMILES string of the molecule is COc1ccc2c(c1)N(C(C)=O)C[C@H](C)C2. The number of carbonyl (C=O) groups excluding carboxylic acids is 1. The van der Waals surface area contributed by atoms with Gasteiger partial charge in [0.2, 0.25) is 5.91 Å². The Hall–Kier alpha value is -1.51. The van der Waals surface area contributed by atoms with Crippen molar-refractivity contribution >= 4 is 11.6 Å². The number of anilines is 1. The van der Waals surface area contributed by atoms with Gasteiger partial charge in [0.15, 0.2) is 0 Å². The van der Waals surface area contributed by atoms with Gasteiger partial charge in [-0.25, -0.2) is 0 Å². The summed E-state index contributed by atoms with van der Waals surface area (Å²) >= 11 is 0. The van der Waals surface area contributed by atoms with Crippen molar-refractivity contribution in [1.82, 2.24) is 0 Å². The average molecular weight is 219 g/mol. The molecule has 0 bridgehead atoms. The van der Waals surface area contributed by atoms with Gasteiger partial charge in [0.05, 0.1) is 12.8 Å². The van der Waals surface area contributed by atoms with Crippen molar-refractivity contribution in [3.63, 3.8) is 0 Å². The molecule has 0 N–H and O–H groups in total. The molecule has 0 radical (unpaired) electrons. The Kier molecular flexibility index (Phi) is 2.86. The summed E-state index contributed by atoms with van der Waals surface area (Å²) in [6.45, 7) is 4.58. The van der Waals surface area contributed by atoms with Gasteiger partial charge in [0.25, 0.3) is 0 Å². The number of hydrogen-bond donors (Lipinski definition) is 0. The van der Waals surface area contributed by atoms with Gasteiger partial charge in [-0.1, -0.05) is 13.0 Å². The van der Waals surface area contributed by atoms with Crippen molar-refractivity contribution in [2.45, 2.75) is 20.3 Å². The summed E-state index contributed by atoms with van der Waals surface area (Å²) in [5.74, 6) is 1.42. The van der Waals surface area contributed by atoms with Crippen LogP contribution < -0.4 is 9.64 Å². The van der Waals surface area contributed by atoms with Gasteiger partial charge in [-0.15, -0.1) is 0 Å². The summed E-state index contributed by atoms with van der Waals surface area (Å²) in [5.41, 5.74) is 2.24. The Labute approximate surface area is 96.0 Å². The fourth-order valence-corrected chi connectivity index (χ4v) is 2.24. The van der Waals surface area contributed by atoms with Crippen LogP contribution in [0.3, 0.4) is 0 Å². The number of nitrogens with zero attached hydrogens (tertiary/aromatic N) is 1. The van der Waals surface area contributed by atoms with Gasteiger partial charge in [-0.2, -0.15) is 0 Å². The second-order valence-corrected chi connectivity index (χ2v) is 4.43. The number of carbonyl (C=O) groups is 1. The lowest BCUT2D eigenvalue weighted by Crippen LogP contribution is -2.37. The van der Waals surface area contributed by atoms with Crippen LogP contribution in [0, 0.1) is 5.92 Å². The molecule has 3 nitrogen and oxygen atoms in total. The van der Waals surface area contributed by atoms with Gasteiger partial charge >= 0.3 is 0 Å². The minimum atomic E-state index is 0.0982. The van der Waals surface area contributed by atoms with E-state index in [1.54, 1.807) is 14.0 Å². The standard InChI is InChI=1S/C13H17NO2/c1-9-6-11-4-5-12(16-3)7-13(11)14(8-9)10(2)15/h4-5,7,9H,6,8H2,1-3H3/t9-/m1/s1. The monoisotopic (exact) mass is 219 g/mol. The minimum Gasteiger partial charge on any atom is -0.497 e. The Morgan fingerprint density at radius 2 is 2.25 bits per heavy atom. The first-order chi connectivity index (χ1) is 7.61. The van der Waals surface area contributed by atoms with Crippen LogP contribution in [0.25, 0.3) is 0 Å². The van der Waals surface area contributed by atoms with E-state index in [1.165, 1.54) is 5.56 Å². The van der Waals surface area contributed by atoms with E-state index in [4.69, 9.17) is 4.74 Å². The maximum Gasteiger partial charge on any atom is 0.223 e. The van der Waals surface area contributed by atoms with Crippen LogP contribution in [0.2, 0.25) is 0 Å². The lowest BCUT2D eigenvalue weighted by molar-refractivity contribution is -0.116. The number of rotatable bonds is 1. The van der Waals surface area contributed by atoms with Crippen LogP contribution in [-0.4, -0.2) is 19.6 Å². The van der Waals surface area contributed by atoms with Crippen LogP contribution in [0.5, 0.6) is 5.75 Å². The molecule has 1 aromatic rings. The molecule has 0 saturated heterocycles. The highest BCUT2D eigenvalue weighted by Crippen LogP contribution is 2.32. The van der Waals surface area contributed by atoms with E-state index in [0.29, 0.717) is 5.92 Å². The molecule has 16 heavy (non-hydrogen) atoms. The maximum absolute atomic E-state index is 11.6. The van der Waals surface area contributed by atoms with E-state index in [9.17, 15) is 4.79 Å². The van der Waals surface area contributed by atoms with Gasteiger partial charge in [-0.05, 0) is 24.0 Å². The molecule has 0 aliphatic carbocycles. The van der Waals surface area contributed by atoms with Gasteiger partial charge in [0, 0.05) is 19.5 Å². The zero-order chi connectivity index (χ0) is 11.7. The molecular weight excluding hydrogens is 202 g/mol. The first kappa shape index (κ1) is 11.0. The molecule has 0 fully saturated rings. The summed E-state index contributed by atoms with van der Waals surface area (Å²) in [7, 11) is 1.64. The summed E-state index contributed by atoms with van der Waals surface area (Å²) in [4.78, 5) is 13.4. The van der Waals surface area contributed by atoms with Crippen LogP contribution in [-0.2, 0) is 11.2 Å². The van der Waals surface area contributed by atoms with E-state index in [1.807, 2.05) is 17.0 Å². The summed E-state index contributed by atoms with van der Waals surface area (Å²) in [6.07, 6.45) is 1.03. The van der Waals surface area contributed by atoms with Crippen LogP contribution >= 0.6 is 0 Å². The molecule has 1 heterocycles. The van der Waals surface area contributed by atoms with Gasteiger partial charge in [0.1, 0.15) is 5.75 Å². The van der Waals surface area contributed by atoms with E-state index in [-0.39, 0.29) is 5.91 Å². The lowest BCUT2D eigenvalue weighted by atomic mass is 9.94. The maximum atomic E-state index is 11.6. The molecule has 86 valence electrons. The fraction of sp³-hybridized carbons (Fsp3) is 0.462. The van der Waals surface area contributed by atoms with Gasteiger partial charge in [-0.3, -0.25) is 4.79 Å². The molecule has 1 aromatic carbocycles. The van der Waals surface area contributed by atoms with E-state index in [2.05, 4.69) is 13.0 Å². The van der Waals surface area contributed by atoms with Crippen molar-refractivity contribution in [2.24, 2.45) is 5.92 Å². The first-order valence-corrected chi connectivity index (χ1v) is 5.57. The Morgan fingerprint density at radius 1 is 1.50 bits per heavy atom. The molecule has 0 spiro atoms. The average Bonchev–Trinajstić information content (AvgIpc) is 2.27. The van der Waals surface area contributed by atoms with Crippen molar-refractivity contribution in [2.75, 3.05) is 18.6 Å². The number of benzene rings is 1. The largest absolute Gasteiger partial charge is 0.497 e. The third-order valence-corrected chi connectivity index (χ3v) is 3.03. The molecular formula is C13H17NO2. The Morgan fingerprint density at radius 3 is 2.88 bits per heavy atom. The Bertz CT molecular complexity index is 414. The second kappa shape index (κ2) is 4.16. The van der Waals surface area contributed by atoms with Crippen molar-refractivity contribution in [3.05, 3.63) is 23.8 Å². The van der Waals surface area contributed by atoms with Crippen LogP contribution in [0.15, 0.2) is 18.2 Å². The van der Waals surface area contributed by atoms with Crippen molar-refractivity contribution in [3.8, 4) is 5.75 Å². The predicted octanol–water partition coefficient (Wildman–Crippen LogP) is 2.24. The van der Waals surface area contributed by atoms with E-state index in [0.717, 1.165) is 24.4 Å². The highest BCUT2D eigenvalue weighted by atomic mass is 16.5. The van der Waals surface area contributed by atoms with Crippen molar-refractivity contribution in [1.29, 1.82) is 0 Å². The highest BCUT2D eigenvalue weighted by Gasteiger charge is 2.24.